The maximum atomic E-state index is 10.0. The summed E-state index contributed by atoms with van der Waals surface area (Å²) in [6.07, 6.45) is 6.68. The monoisotopic (exact) mass is 212 g/mol. The Labute approximate surface area is 104 Å². The molecule has 0 aromatic rings. The van der Waals surface area contributed by atoms with Crippen molar-refractivity contribution in [1.29, 1.82) is 0 Å². The lowest BCUT2D eigenvalue weighted by Gasteiger charge is -1.94. The molecule has 0 heterocycles. The molecule has 0 fully saturated rings. The highest BCUT2D eigenvalue weighted by Gasteiger charge is 1.86. The first-order chi connectivity index (χ1) is 5.16. The summed E-state index contributed by atoms with van der Waals surface area (Å²) in [4.78, 5) is 10.0. The molecule has 0 N–H and O–H groups in total. The third kappa shape index (κ3) is 15.1. The molecule has 0 aromatic carbocycles. The molecule has 0 radical (unpaired) electrons. The third-order valence-electron chi connectivity index (χ3n) is 1.44. The molecule has 0 aliphatic rings. The average molecular weight is 213 g/mol. The van der Waals surface area contributed by atoms with E-state index in [1.54, 1.807) is 6.08 Å². The Hall–Kier alpha value is 0.266. The van der Waals surface area contributed by atoms with Gasteiger partial charge in [0.15, 0.2) is 0 Å². The molecule has 13 heavy (non-hydrogen) atoms. The predicted molar refractivity (Wildman–Crippen MR) is 67.4 cm³/mol. The first-order valence-electron chi connectivity index (χ1n) is 3.91. The molecule has 0 saturated heterocycles. The van der Waals surface area contributed by atoms with Gasteiger partial charge in [0.1, 0.15) is 6.29 Å². The van der Waals surface area contributed by atoms with E-state index in [-0.39, 0.29) is 36.5 Å². The van der Waals surface area contributed by atoms with Crippen molar-refractivity contribution in [2.45, 2.75) is 33.6 Å². The van der Waals surface area contributed by atoms with Gasteiger partial charge < -0.3 is 0 Å². The highest BCUT2D eigenvalue weighted by Crippen LogP contribution is 2.05. The van der Waals surface area contributed by atoms with Crippen LogP contribution in [0.1, 0.15) is 33.6 Å². The van der Waals surface area contributed by atoms with E-state index in [9.17, 15) is 4.79 Å². The lowest BCUT2D eigenvalue weighted by atomic mass is 10.1. The van der Waals surface area contributed by atoms with Crippen LogP contribution in [-0.2, 0) is 4.79 Å². The Morgan fingerprint density at radius 1 is 1.23 bits per heavy atom. The summed E-state index contributed by atoms with van der Waals surface area (Å²) in [5, 5.41) is 0. The summed E-state index contributed by atoms with van der Waals surface area (Å²) in [6.45, 7) is 6.14. The van der Waals surface area contributed by atoms with E-state index in [2.05, 4.69) is 19.9 Å². The van der Waals surface area contributed by atoms with Crippen molar-refractivity contribution in [1.82, 2.24) is 0 Å². The topological polar surface area (TPSA) is 17.1 Å². The van der Waals surface area contributed by atoms with Crippen LogP contribution in [0.4, 0.5) is 0 Å². The minimum atomic E-state index is 0. The van der Waals surface area contributed by atoms with Crippen LogP contribution in [0.2, 0.25) is 0 Å². The Bertz CT molecular complexity index is 181. The quantitative estimate of drug-likeness (QED) is 0.302. The van der Waals surface area contributed by atoms with E-state index in [0.717, 1.165) is 24.7 Å². The van der Waals surface area contributed by atoms with Crippen LogP contribution in [0.5, 0.6) is 0 Å². The first-order valence-corrected chi connectivity index (χ1v) is 3.91. The number of hydrogen-bond donors (Lipinski definition) is 0. The van der Waals surface area contributed by atoms with Crippen LogP contribution < -0.4 is 0 Å². The van der Waals surface area contributed by atoms with Crippen LogP contribution in [0, 0.1) is 0 Å². The normalized spacial score (nSPS) is 9.31. The largest absolute Gasteiger partial charge is 0.316 e. The number of allylic oxidation sites excluding steroid dienone is 4. The van der Waals surface area contributed by atoms with Crippen molar-refractivity contribution in [2.24, 2.45) is 0 Å². The number of carbonyl (C=O) groups excluding carboxylic acids is 1. The zero-order valence-electron chi connectivity index (χ0n) is 8.05. The predicted octanol–water partition coefficient (Wildman–Crippen LogP) is 2.07. The zero-order chi connectivity index (χ0) is 8.69. The molecule has 3 heteroatoms. The molecule has 74 valence electrons. The minimum absolute atomic E-state index is 0. The van der Waals surface area contributed by atoms with Crippen molar-refractivity contribution in [3.05, 3.63) is 23.3 Å². The van der Waals surface area contributed by atoms with E-state index in [1.807, 2.05) is 6.92 Å². The van der Waals surface area contributed by atoms with Gasteiger partial charge in [-0.2, -0.15) is 13.5 Å². The van der Waals surface area contributed by atoms with E-state index < -0.39 is 0 Å². The summed E-state index contributed by atoms with van der Waals surface area (Å²) in [5.41, 5.74) is 2.49. The maximum absolute atomic E-state index is 10.0. The summed E-state index contributed by atoms with van der Waals surface area (Å²) in [7, 11) is 0. The highest BCUT2D eigenvalue weighted by atomic mass is 32.1. The van der Waals surface area contributed by atoms with Crippen molar-refractivity contribution in [2.75, 3.05) is 0 Å². The number of carbonyl (C=O) groups is 1. The molecule has 0 aliphatic heterocycles. The fraction of sp³-hybridized carbons (Fsp3) is 0.500. The Balaban J connectivity index is -0.000000500. The van der Waals surface area contributed by atoms with Crippen molar-refractivity contribution >= 4 is 42.8 Å². The van der Waals surface area contributed by atoms with Crippen LogP contribution in [0.3, 0.4) is 0 Å². The number of rotatable bonds is 4. The molecule has 0 aliphatic carbocycles. The Morgan fingerprint density at radius 2 is 1.77 bits per heavy atom. The average Bonchev–Trinajstić information content (AvgIpc) is 1.87. The lowest BCUT2D eigenvalue weighted by Crippen LogP contribution is -1.77. The fourth-order valence-corrected chi connectivity index (χ4v) is 0.788. The second-order valence-electron chi connectivity index (χ2n) is 2.97. The van der Waals surface area contributed by atoms with Gasteiger partial charge in [-0.25, -0.2) is 0 Å². The van der Waals surface area contributed by atoms with E-state index in [4.69, 9.17) is 0 Å². The van der Waals surface area contributed by atoms with Gasteiger partial charge in [0, 0.05) is 0 Å². The van der Waals surface area contributed by atoms with E-state index in [0.29, 0.717) is 0 Å². The summed E-state index contributed by atoms with van der Waals surface area (Å²) >= 11 is 0. The summed E-state index contributed by atoms with van der Waals surface area (Å²) in [5.74, 6) is 0. The zero-order valence-corrected chi connectivity index (χ0v) is 9.05. The molecular weight excluding hydrogens is 192 g/mol. The third-order valence-corrected chi connectivity index (χ3v) is 1.44. The van der Waals surface area contributed by atoms with Crippen LogP contribution >= 0.6 is 13.5 Å². The minimum Gasteiger partial charge on any atom is -0.299 e. The van der Waals surface area contributed by atoms with Gasteiger partial charge in [0.25, 0.3) is 0 Å². The van der Waals surface area contributed by atoms with Crippen LogP contribution in [0.25, 0.3) is 0 Å². The maximum Gasteiger partial charge on any atom is 0.316 e. The van der Waals surface area contributed by atoms with Gasteiger partial charge in [-0.05, 0) is 39.7 Å². The fourth-order valence-electron chi connectivity index (χ4n) is 0.788. The lowest BCUT2D eigenvalue weighted by molar-refractivity contribution is -0.104. The van der Waals surface area contributed by atoms with Crippen molar-refractivity contribution < 1.29 is 4.79 Å². The highest BCUT2D eigenvalue weighted by molar-refractivity contribution is 7.59. The van der Waals surface area contributed by atoms with Crippen LogP contribution in [0.15, 0.2) is 23.3 Å². The Morgan fingerprint density at radius 3 is 2.15 bits per heavy atom. The van der Waals surface area contributed by atoms with E-state index >= 15 is 0 Å². The van der Waals surface area contributed by atoms with Crippen molar-refractivity contribution in [3.63, 3.8) is 0 Å². The summed E-state index contributed by atoms with van der Waals surface area (Å²) < 4.78 is 0. The van der Waals surface area contributed by atoms with Crippen LogP contribution in [-0.4, -0.2) is 29.3 Å². The molecule has 0 spiro atoms. The van der Waals surface area contributed by atoms with Gasteiger partial charge in [0.05, 0.1) is 0 Å². The molecule has 0 bridgehead atoms. The molecule has 0 aromatic heterocycles. The smallest absolute Gasteiger partial charge is 0.299 e. The standard InChI is InChI=1S/C10H16O.Mg.H2S.2H/c1-9(2)5-4-6-10(3)7-8-11;;;;/h5,7-8H,4,6H2,1-3H3;;1H2;;. The number of aldehydes is 1. The molecule has 0 saturated carbocycles. The van der Waals surface area contributed by atoms with E-state index in [1.165, 1.54) is 5.57 Å². The van der Waals surface area contributed by atoms with Gasteiger partial charge in [0.2, 0.25) is 0 Å². The first kappa shape index (κ1) is 18.9. The number of hydrogen-bond acceptors (Lipinski definition) is 1. The van der Waals surface area contributed by atoms with Gasteiger partial charge in [-0.3, -0.25) is 4.79 Å². The molecular formula is C10H20MgOS. The summed E-state index contributed by atoms with van der Waals surface area (Å²) in [6, 6.07) is 0. The molecule has 0 rings (SSSR count). The Kier molecular flexibility index (Phi) is 17.9. The SMILES string of the molecule is CC(C)=CCCC(C)=CC=O.S.[MgH2]. The molecule has 0 unspecified atom stereocenters. The second kappa shape index (κ2) is 12.3. The molecule has 1 nitrogen and oxygen atoms in total. The van der Waals surface area contributed by atoms with Gasteiger partial charge in [-0.15, -0.1) is 0 Å². The molecule has 0 atom stereocenters. The second-order valence-corrected chi connectivity index (χ2v) is 2.97. The van der Waals surface area contributed by atoms with Gasteiger partial charge >= 0.3 is 23.1 Å². The van der Waals surface area contributed by atoms with Gasteiger partial charge in [-0.1, -0.05) is 17.2 Å². The molecule has 0 amide bonds. The van der Waals surface area contributed by atoms with Crippen molar-refractivity contribution in [3.8, 4) is 0 Å².